The highest BCUT2D eigenvalue weighted by Gasteiger charge is 2.31. The molecule has 7 nitrogen and oxygen atoms in total. The number of aliphatic hydroxyl groups excluding tert-OH is 2. The molecule has 0 spiro atoms. The summed E-state index contributed by atoms with van der Waals surface area (Å²) in [6, 6.07) is 5.34. The minimum Gasteiger partial charge on any atom is -0.395 e. The van der Waals surface area contributed by atoms with Crippen LogP contribution in [0, 0.1) is 11.2 Å². The quantitative estimate of drug-likeness (QED) is 0.223. The van der Waals surface area contributed by atoms with E-state index in [1.54, 1.807) is 6.07 Å². The van der Waals surface area contributed by atoms with Gasteiger partial charge in [-0.05, 0) is 30.7 Å². The lowest BCUT2D eigenvalue weighted by Gasteiger charge is -2.12. The van der Waals surface area contributed by atoms with Gasteiger partial charge in [0.2, 0.25) is 0 Å². The Morgan fingerprint density at radius 2 is 1.94 bits per heavy atom. The number of pyridine rings is 1. The molecule has 0 aliphatic carbocycles. The highest BCUT2D eigenvalue weighted by atomic mass is 19.4. The Kier molecular flexibility index (Phi) is 8.58. The van der Waals surface area contributed by atoms with Crippen LogP contribution in [0.3, 0.4) is 0 Å². The summed E-state index contributed by atoms with van der Waals surface area (Å²) in [5, 5.41) is 30.3. The van der Waals surface area contributed by atoms with Gasteiger partial charge in [0.05, 0.1) is 17.9 Å². The number of aliphatic hydroxyl groups is 2. The monoisotopic (exact) mass is 455 g/mol. The van der Waals surface area contributed by atoms with E-state index in [0.717, 1.165) is 12.1 Å². The van der Waals surface area contributed by atoms with Crippen molar-refractivity contribution in [3.05, 3.63) is 70.4 Å². The average Bonchev–Trinajstić information content (AvgIpc) is 2.70. The van der Waals surface area contributed by atoms with Crippen LogP contribution < -0.4 is 10.6 Å². The first-order chi connectivity index (χ1) is 15.0. The minimum atomic E-state index is -4.68. The van der Waals surface area contributed by atoms with Gasteiger partial charge >= 0.3 is 6.18 Å². The summed E-state index contributed by atoms with van der Waals surface area (Å²) in [5.74, 6) is -1.65. The molecule has 32 heavy (non-hydrogen) atoms. The van der Waals surface area contributed by atoms with Crippen LogP contribution in [0.25, 0.3) is 0 Å². The number of hydrogen-bond acceptors (Lipinski definition) is 5. The lowest BCUT2D eigenvalue weighted by Crippen LogP contribution is -2.77. The second-order valence-electron chi connectivity index (χ2n) is 6.91. The SMILES string of the molecule is CC(=N)/C(C(=O)NCCO)=C(/CO)[NH2+]c1ccnc(Cc2cc(F)cc(C(F)(F)F)c2)c1. The first-order valence-corrected chi connectivity index (χ1v) is 9.50. The molecule has 172 valence electrons. The van der Waals surface area contributed by atoms with Crippen molar-refractivity contribution in [3.8, 4) is 0 Å². The summed E-state index contributed by atoms with van der Waals surface area (Å²) in [7, 11) is 0. The number of nitrogens with zero attached hydrogens (tertiary/aromatic N) is 1. The molecule has 2 rings (SSSR count). The number of nitrogens with two attached hydrogens (primary N) is 1. The van der Waals surface area contributed by atoms with Crippen molar-refractivity contribution >= 4 is 17.3 Å². The Morgan fingerprint density at radius 3 is 2.53 bits per heavy atom. The second kappa shape index (κ2) is 10.9. The first-order valence-electron chi connectivity index (χ1n) is 9.50. The van der Waals surface area contributed by atoms with E-state index in [4.69, 9.17) is 10.5 Å². The van der Waals surface area contributed by atoms with Crippen LogP contribution in [0.5, 0.6) is 0 Å². The normalized spacial score (nSPS) is 12.3. The molecule has 0 atom stereocenters. The number of carbonyl (C=O) groups excluding carboxylic acids is 1. The van der Waals surface area contributed by atoms with E-state index >= 15 is 0 Å². The predicted octanol–water partition coefficient (Wildman–Crippen LogP) is 1.42. The zero-order valence-corrected chi connectivity index (χ0v) is 17.1. The molecule has 6 N–H and O–H groups in total. The predicted molar refractivity (Wildman–Crippen MR) is 108 cm³/mol. The molecule has 0 aliphatic heterocycles. The number of amides is 1. The molecule has 1 heterocycles. The molecule has 0 fully saturated rings. The lowest BCUT2D eigenvalue weighted by atomic mass is 10.0. The lowest BCUT2D eigenvalue weighted by molar-refractivity contribution is -0.522. The van der Waals surface area contributed by atoms with E-state index in [1.807, 2.05) is 0 Å². The molecule has 1 aromatic heterocycles. The highest BCUT2D eigenvalue weighted by molar-refractivity contribution is 6.19. The van der Waals surface area contributed by atoms with Crippen LogP contribution >= 0.6 is 0 Å². The number of aromatic nitrogens is 1. The number of halogens is 4. The van der Waals surface area contributed by atoms with Crippen molar-refractivity contribution in [1.29, 1.82) is 5.41 Å². The van der Waals surface area contributed by atoms with Crippen LogP contribution in [0.4, 0.5) is 23.2 Å². The van der Waals surface area contributed by atoms with E-state index in [1.165, 1.54) is 24.5 Å². The molecular formula is C21H23F4N4O3+. The van der Waals surface area contributed by atoms with Gasteiger partial charge < -0.3 is 20.9 Å². The summed E-state index contributed by atoms with van der Waals surface area (Å²) >= 11 is 0. The van der Waals surface area contributed by atoms with Gasteiger partial charge in [0.15, 0.2) is 5.70 Å². The second-order valence-corrected chi connectivity index (χ2v) is 6.91. The summed E-state index contributed by atoms with van der Waals surface area (Å²) in [5.41, 5.74) is -0.239. The highest BCUT2D eigenvalue weighted by Crippen LogP contribution is 2.30. The molecule has 0 aliphatic rings. The van der Waals surface area contributed by atoms with Gasteiger partial charge in [-0.25, -0.2) is 4.39 Å². The van der Waals surface area contributed by atoms with E-state index in [-0.39, 0.29) is 42.1 Å². The van der Waals surface area contributed by atoms with E-state index in [0.29, 0.717) is 17.4 Å². The maximum atomic E-state index is 13.7. The number of alkyl halides is 3. The molecular weight excluding hydrogens is 432 g/mol. The fourth-order valence-electron chi connectivity index (χ4n) is 3.02. The zero-order valence-electron chi connectivity index (χ0n) is 17.1. The molecule has 0 radical (unpaired) electrons. The number of nitrogens with one attached hydrogen (secondary N) is 2. The summed E-state index contributed by atoms with van der Waals surface area (Å²) in [4.78, 5) is 16.4. The summed E-state index contributed by atoms with van der Waals surface area (Å²) in [6.45, 7) is 0.492. The van der Waals surface area contributed by atoms with Crippen LogP contribution in [0.15, 0.2) is 47.8 Å². The van der Waals surface area contributed by atoms with Gasteiger partial charge in [-0.1, -0.05) is 0 Å². The molecule has 1 amide bonds. The van der Waals surface area contributed by atoms with Crippen molar-refractivity contribution in [1.82, 2.24) is 10.3 Å². The fraction of sp³-hybridized carbons (Fsp3) is 0.286. The van der Waals surface area contributed by atoms with Crippen LogP contribution in [0.2, 0.25) is 0 Å². The Labute approximate surface area is 181 Å². The van der Waals surface area contributed by atoms with E-state index in [9.17, 15) is 27.5 Å². The van der Waals surface area contributed by atoms with E-state index in [2.05, 4.69) is 10.3 Å². The molecule has 2 aromatic rings. The number of hydrogen-bond donors (Lipinski definition) is 5. The van der Waals surface area contributed by atoms with Crippen molar-refractivity contribution in [3.63, 3.8) is 0 Å². The summed E-state index contributed by atoms with van der Waals surface area (Å²) < 4.78 is 52.5. The Hall–Kier alpha value is -3.15. The van der Waals surface area contributed by atoms with Crippen LogP contribution in [0.1, 0.15) is 23.7 Å². The van der Waals surface area contributed by atoms with Crippen LogP contribution in [-0.4, -0.2) is 46.6 Å². The smallest absolute Gasteiger partial charge is 0.395 e. The molecule has 11 heteroatoms. The van der Waals surface area contributed by atoms with Gasteiger partial charge in [0, 0.05) is 37.0 Å². The topological polar surface area (TPSA) is 123 Å². The molecule has 0 saturated heterocycles. The third-order valence-electron chi connectivity index (χ3n) is 4.34. The number of benzene rings is 1. The number of carbonyl (C=O) groups is 1. The van der Waals surface area contributed by atoms with Crippen molar-refractivity contribution < 1.29 is 37.9 Å². The van der Waals surface area contributed by atoms with Crippen LogP contribution in [-0.2, 0) is 17.4 Å². The van der Waals surface area contributed by atoms with Gasteiger partial charge in [0.25, 0.3) is 5.91 Å². The molecule has 0 unspecified atom stereocenters. The Bertz CT molecular complexity index is 1020. The maximum absolute atomic E-state index is 13.7. The summed E-state index contributed by atoms with van der Waals surface area (Å²) in [6.07, 6.45) is -3.37. The van der Waals surface area contributed by atoms with Crippen molar-refractivity contribution in [2.45, 2.75) is 19.5 Å². The average molecular weight is 455 g/mol. The van der Waals surface area contributed by atoms with Gasteiger partial charge in [-0.15, -0.1) is 0 Å². The van der Waals surface area contributed by atoms with Crippen molar-refractivity contribution in [2.75, 3.05) is 19.8 Å². The maximum Gasteiger partial charge on any atom is 0.416 e. The van der Waals surface area contributed by atoms with Gasteiger partial charge in [0.1, 0.15) is 23.7 Å². The van der Waals surface area contributed by atoms with Crippen molar-refractivity contribution in [2.24, 2.45) is 0 Å². The Morgan fingerprint density at radius 1 is 1.22 bits per heavy atom. The van der Waals surface area contributed by atoms with E-state index < -0.39 is 30.1 Å². The first kappa shape index (κ1) is 25.1. The van der Waals surface area contributed by atoms with Gasteiger partial charge in [-0.2, -0.15) is 13.2 Å². The molecule has 0 saturated carbocycles. The van der Waals surface area contributed by atoms with Gasteiger partial charge in [-0.3, -0.25) is 15.1 Å². The third kappa shape index (κ3) is 6.94. The fourth-order valence-corrected chi connectivity index (χ4v) is 3.02. The number of rotatable bonds is 9. The number of quaternary nitrogens is 1. The largest absolute Gasteiger partial charge is 0.416 e. The minimum absolute atomic E-state index is 0.0265. The Balaban J connectivity index is 2.32. The standard InChI is InChI=1S/C21H22F4N4O3/c1-12(26)19(20(32)28-4-5-30)18(11-31)29-16-2-3-27-17(10-16)8-13-6-14(21(23,24)25)9-15(22)7-13/h2-3,6-7,9-10,26,30-31H,4-5,8,11H2,1H3,(H,27,29)(H,28,32)/p+1/b19-18+,26-12?. The molecule has 1 aromatic carbocycles. The molecule has 0 bridgehead atoms. The third-order valence-corrected chi connectivity index (χ3v) is 4.34. The zero-order chi connectivity index (χ0) is 23.9.